The molecule has 0 bridgehead atoms. The van der Waals surface area contributed by atoms with Crippen LogP contribution in [-0.4, -0.2) is 67.0 Å². The fraction of sp³-hybridized carbons (Fsp3) is 0.321. The van der Waals surface area contributed by atoms with Gasteiger partial charge in [0.1, 0.15) is 11.5 Å². The number of imidazole rings is 1. The molecule has 0 spiro atoms. The number of carbonyl (C=O) groups excluding carboxylic acids is 3. The van der Waals surface area contributed by atoms with Crippen LogP contribution in [0.25, 0.3) is 16.6 Å². The molecule has 1 saturated heterocycles. The number of Topliss-reactive ketones (excluding diaryl/α,β-unsaturated/α-hetero) is 1. The van der Waals surface area contributed by atoms with Crippen LogP contribution in [0, 0.1) is 5.82 Å². The zero-order chi connectivity index (χ0) is 27.1. The number of urea groups is 1. The Kier molecular flexibility index (Phi) is 8.52. The topological polar surface area (TPSA) is 115 Å². The maximum absolute atomic E-state index is 14.7. The van der Waals surface area contributed by atoms with Crippen molar-refractivity contribution in [1.29, 1.82) is 0 Å². The molecule has 1 aromatic carbocycles. The van der Waals surface area contributed by atoms with Gasteiger partial charge in [-0.05, 0) is 55.0 Å². The van der Waals surface area contributed by atoms with Gasteiger partial charge in [0.05, 0.1) is 11.1 Å². The third-order valence-corrected chi connectivity index (χ3v) is 7.38. The molecule has 0 radical (unpaired) electrons. The number of carbonyl (C=O) groups is 3. The summed E-state index contributed by atoms with van der Waals surface area (Å²) in [5.41, 5.74) is 2.32. The van der Waals surface area contributed by atoms with Crippen molar-refractivity contribution >= 4 is 40.2 Å². The van der Waals surface area contributed by atoms with Crippen molar-refractivity contribution in [2.75, 3.05) is 19.6 Å². The van der Waals surface area contributed by atoms with E-state index in [1.165, 1.54) is 24.5 Å². The zero-order valence-corrected chi connectivity index (χ0v) is 25.3. The van der Waals surface area contributed by atoms with Crippen molar-refractivity contribution in [3.05, 3.63) is 71.6 Å². The summed E-state index contributed by atoms with van der Waals surface area (Å²) in [6.07, 6.45) is 7.59. The molecular formula is C28H26FKN6O4. The van der Waals surface area contributed by atoms with Crippen LogP contribution in [0.3, 0.4) is 0 Å². The zero-order valence-electron chi connectivity index (χ0n) is 22.2. The van der Waals surface area contributed by atoms with Gasteiger partial charge in [0.25, 0.3) is 5.78 Å². The Morgan fingerprint density at radius 1 is 1.02 bits per heavy atom. The summed E-state index contributed by atoms with van der Waals surface area (Å²) in [7, 11) is 0. The summed E-state index contributed by atoms with van der Waals surface area (Å²) >= 11 is 0. The Balaban J connectivity index is 0.00000323. The van der Waals surface area contributed by atoms with E-state index in [0.717, 1.165) is 19.3 Å². The van der Waals surface area contributed by atoms with Gasteiger partial charge < -0.3 is 23.9 Å². The van der Waals surface area contributed by atoms with E-state index in [1.54, 1.807) is 32.2 Å². The standard InChI is InChI=1S/C28H27FN6O4.K/c29-19-12-18-16-34(28(39)32-7-3-1-4-8-32)11-10-33-17-22(21(13-19)25(18)33)26(37)27(38)31-24(36)14-20-15-30-23-6-2-5-9-35(20)23;/h2,5-6,9,12-13,15,17H,1,3-4,7-8,10-11,14,16H2,(H,31,36,38);/q;+1/p-1. The predicted octanol–water partition coefficient (Wildman–Crippen LogP) is -0.436. The second-order valence-corrected chi connectivity index (χ2v) is 9.94. The molecule has 3 aromatic heterocycles. The quantitative estimate of drug-likeness (QED) is 0.109. The molecule has 4 aromatic rings. The van der Waals surface area contributed by atoms with Crippen molar-refractivity contribution in [3.8, 4) is 0 Å². The van der Waals surface area contributed by atoms with E-state index in [2.05, 4.69) is 9.98 Å². The summed E-state index contributed by atoms with van der Waals surface area (Å²) in [5, 5.41) is 12.8. The minimum atomic E-state index is -1.21. The molecule has 0 atom stereocenters. The van der Waals surface area contributed by atoms with Crippen LogP contribution in [-0.2, 0) is 24.3 Å². The second kappa shape index (κ2) is 11.9. The van der Waals surface area contributed by atoms with Gasteiger partial charge in [-0.25, -0.2) is 19.2 Å². The van der Waals surface area contributed by atoms with E-state index in [-0.39, 0.29) is 81.3 Å². The molecule has 0 N–H and O–H groups in total. The maximum Gasteiger partial charge on any atom is 1.00 e. The molecule has 200 valence electrons. The van der Waals surface area contributed by atoms with Crippen LogP contribution >= 0.6 is 0 Å². The first-order chi connectivity index (χ1) is 18.9. The van der Waals surface area contributed by atoms with Gasteiger partial charge in [0.2, 0.25) is 0 Å². The van der Waals surface area contributed by atoms with E-state index >= 15 is 0 Å². The second-order valence-electron chi connectivity index (χ2n) is 9.94. The Labute approximate surface area is 271 Å². The van der Waals surface area contributed by atoms with E-state index in [4.69, 9.17) is 0 Å². The number of halogens is 1. The largest absolute Gasteiger partial charge is 1.00 e. The predicted molar refractivity (Wildman–Crippen MR) is 139 cm³/mol. The van der Waals surface area contributed by atoms with Crippen LogP contribution < -0.4 is 56.5 Å². The number of likely N-dealkylation sites (tertiary alicyclic amines) is 1. The smallest absolute Gasteiger partial charge is 0.861 e. The van der Waals surface area contributed by atoms with Gasteiger partial charge in [0.15, 0.2) is 0 Å². The number of aromatic nitrogens is 3. The van der Waals surface area contributed by atoms with Gasteiger partial charge in [-0.15, -0.1) is 0 Å². The number of aliphatic imine (C=N–C) groups is 1. The molecule has 40 heavy (non-hydrogen) atoms. The van der Waals surface area contributed by atoms with E-state index in [9.17, 15) is 23.9 Å². The van der Waals surface area contributed by atoms with E-state index in [1.807, 2.05) is 11.0 Å². The Morgan fingerprint density at radius 2 is 1.82 bits per heavy atom. The molecule has 0 aliphatic carbocycles. The first-order valence-electron chi connectivity index (χ1n) is 13.0. The average molecular weight is 569 g/mol. The summed E-state index contributed by atoms with van der Waals surface area (Å²) in [4.78, 5) is 50.3. The van der Waals surface area contributed by atoms with Crippen LogP contribution in [0.4, 0.5) is 9.18 Å². The van der Waals surface area contributed by atoms with Crippen LogP contribution in [0.15, 0.2) is 53.9 Å². The number of hydrogen-bond donors (Lipinski definition) is 0. The van der Waals surface area contributed by atoms with Crippen LogP contribution in [0.2, 0.25) is 0 Å². The minimum absolute atomic E-state index is 0. The van der Waals surface area contributed by atoms with Crippen molar-refractivity contribution in [2.45, 2.75) is 38.8 Å². The molecule has 5 heterocycles. The van der Waals surface area contributed by atoms with E-state index in [0.29, 0.717) is 48.6 Å². The van der Waals surface area contributed by atoms with Gasteiger partial charge in [-0.1, -0.05) is 6.07 Å². The van der Waals surface area contributed by atoms with Crippen molar-refractivity contribution in [2.24, 2.45) is 4.99 Å². The van der Waals surface area contributed by atoms with Gasteiger partial charge in [0, 0.05) is 68.8 Å². The summed E-state index contributed by atoms with van der Waals surface area (Å²) in [6.45, 7) is 2.36. The Hall–Kier alpha value is -2.90. The summed E-state index contributed by atoms with van der Waals surface area (Å²) < 4.78 is 18.2. The van der Waals surface area contributed by atoms with Gasteiger partial charge in [-0.3, -0.25) is 9.59 Å². The van der Waals surface area contributed by atoms with Gasteiger partial charge >= 0.3 is 63.3 Å². The monoisotopic (exact) mass is 568 g/mol. The fourth-order valence-electron chi connectivity index (χ4n) is 5.52. The molecular weight excluding hydrogens is 542 g/mol. The Morgan fingerprint density at radius 3 is 2.62 bits per heavy atom. The summed E-state index contributed by atoms with van der Waals surface area (Å²) in [5.74, 6) is -3.55. The molecule has 0 unspecified atom stereocenters. The van der Waals surface area contributed by atoms with Crippen LogP contribution in [0.1, 0.15) is 40.9 Å². The molecule has 6 rings (SSSR count). The number of nitrogens with zero attached hydrogens (tertiary/aromatic N) is 6. The number of rotatable bonds is 4. The minimum Gasteiger partial charge on any atom is -0.861 e. The summed E-state index contributed by atoms with van der Waals surface area (Å²) in [6, 6.07) is 7.87. The molecule has 3 amide bonds. The normalized spacial score (nSPS) is 15.7. The number of ketones is 1. The molecule has 1 fully saturated rings. The number of amides is 3. The SMILES string of the molecule is O=C(N=C([O-])Cc1cnc2ccccn12)C(=O)c1cn2c3c(cc(F)cc13)CN(C(=O)N1CCCCC1)CC2.[K+]. The van der Waals surface area contributed by atoms with Gasteiger partial charge in [-0.2, -0.15) is 0 Å². The van der Waals surface area contributed by atoms with Crippen LogP contribution in [0.5, 0.6) is 0 Å². The third kappa shape index (κ3) is 5.50. The molecule has 10 nitrogen and oxygen atoms in total. The van der Waals surface area contributed by atoms with E-state index < -0.39 is 23.4 Å². The molecule has 2 aliphatic rings. The van der Waals surface area contributed by atoms with Crippen molar-refractivity contribution in [3.63, 3.8) is 0 Å². The fourth-order valence-corrected chi connectivity index (χ4v) is 5.52. The molecule has 0 saturated carbocycles. The first-order valence-corrected chi connectivity index (χ1v) is 13.0. The average Bonchev–Trinajstić information content (AvgIpc) is 3.45. The third-order valence-electron chi connectivity index (χ3n) is 7.38. The Bertz CT molecular complexity index is 1660. The van der Waals surface area contributed by atoms with Crippen molar-refractivity contribution < 1.29 is 75.3 Å². The number of benzene rings is 1. The maximum atomic E-state index is 14.7. The number of pyridine rings is 1. The number of piperidine rings is 1. The van der Waals surface area contributed by atoms with Crippen molar-refractivity contribution in [1.82, 2.24) is 23.8 Å². The molecule has 2 aliphatic heterocycles. The molecule has 12 heteroatoms. The number of fused-ring (bicyclic) bond motifs is 1. The first kappa shape index (κ1) is 28.6. The number of hydrogen-bond acceptors (Lipinski definition) is 5.